The Morgan fingerprint density at radius 2 is 2.29 bits per heavy atom. The molecule has 1 atom stereocenters. The van der Waals surface area contributed by atoms with Crippen LogP contribution in [0.5, 0.6) is 0 Å². The predicted molar refractivity (Wildman–Crippen MR) is 75.6 cm³/mol. The third-order valence-electron chi connectivity index (χ3n) is 2.79. The average molecular weight is 262 g/mol. The van der Waals surface area contributed by atoms with E-state index in [4.69, 9.17) is 0 Å². The van der Waals surface area contributed by atoms with Gasteiger partial charge in [0.15, 0.2) is 0 Å². The molecule has 17 heavy (non-hydrogen) atoms. The lowest BCUT2D eigenvalue weighted by molar-refractivity contribution is 0.800. The zero-order valence-corrected chi connectivity index (χ0v) is 11.8. The number of aromatic nitrogens is 1. The van der Waals surface area contributed by atoms with Crippen molar-refractivity contribution in [3.63, 3.8) is 0 Å². The van der Waals surface area contributed by atoms with E-state index in [-0.39, 0.29) is 4.75 Å². The Kier molecular flexibility index (Phi) is 3.41. The second kappa shape index (κ2) is 4.67. The van der Waals surface area contributed by atoms with E-state index >= 15 is 0 Å². The van der Waals surface area contributed by atoms with Gasteiger partial charge in [0.25, 0.3) is 0 Å². The average Bonchev–Trinajstić information content (AvgIpc) is 2.68. The van der Waals surface area contributed by atoms with Crippen molar-refractivity contribution >= 4 is 33.3 Å². The second-order valence-corrected chi connectivity index (χ2v) is 6.80. The minimum Gasteiger partial charge on any atom is -0.242 e. The summed E-state index contributed by atoms with van der Waals surface area (Å²) in [4.78, 5) is 4.44. The summed E-state index contributed by atoms with van der Waals surface area (Å²) in [6.45, 7) is 4.01. The van der Waals surface area contributed by atoms with Gasteiger partial charge in [0, 0.05) is 6.42 Å². The molecule has 0 fully saturated rings. The number of nitriles is 1. The summed E-state index contributed by atoms with van der Waals surface area (Å²) in [7, 11) is 0. The summed E-state index contributed by atoms with van der Waals surface area (Å²) in [5.41, 5.74) is 2.26. The van der Waals surface area contributed by atoms with Crippen LogP contribution in [0.15, 0.2) is 18.2 Å². The van der Waals surface area contributed by atoms with Crippen LogP contribution >= 0.6 is 23.1 Å². The van der Waals surface area contributed by atoms with Crippen molar-refractivity contribution in [2.45, 2.75) is 25.0 Å². The highest BCUT2D eigenvalue weighted by Gasteiger charge is 2.22. The quantitative estimate of drug-likeness (QED) is 0.844. The van der Waals surface area contributed by atoms with Gasteiger partial charge in [-0.15, -0.1) is 23.1 Å². The largest absolute Gasteiger partial charge is 0.242 e. The van der Waals surface area contributed by atoms with Crippen LogP contribution in [-0.2, 0) is 6.42 Å². The third kappa shape index (κ3) is 2.62. The molecule has 4 heteroatoms. The van der Waals surface area contributed by atoms with Crippen LogP contribution in [0.25, 0.3) is 10.2 Å². The molecule has 1 aromatic heterocycles. The maximum absolute atomic E-state index is 9.18. The van der Waals surface area contributed by atoms with Gasteiger partial charge in [-0.2, -0.15) is 5.26 Å². The summed E-state index contributed by atoms with van der Waals surface area (Å²) in [6, 6.07) is 8.66. The fraction of sp³-hybridized carbons (Fsp3) is 0.385. The molecule has 88 valence electrons. The molecule has 0 N–H and O–H groups in total. The van der Waals surface area contributed by atoms with Gasteiger partial charge in [-0.05, 0) is 37.8 Å². The number of hydrogen-bond donors (Lipinski definition) is 0. The highest BCUT2D eigenvalue weighted by Crippen LogP contribution is 2.29. The summed E-state index contributed by atoms with van der Waals surface area (Å²) >= 11 is 3.31. The van der Waals surface area contributed by atoms with Gasteiger partial charge in [0.1, 0.15) is 4.75 Å². The minimum absolute atomic E-state index is 0.340. The van der Waals surface area contributed by atoms with E-state index in [1.165, 1.54) is 10.3 Å². The Morgan fingerprint density at radius 1 is 1.53 bits per heavy atom. The van der Waals surface area contributed by atoms with Crippen LogP contribution in [-0.4, -0.2) is 16.0 Å². The lowest BCUT2D eigenvalue weighted by Crippen LogP contribution is -2.20. The van der Waals surface area contributed by atoms with Crippen molar-refractivity contribution in [3.8, 4) is 6.07 Å². The van der Waals surface area contributed by atoms with Crippen molar-refractivity contribution in [2.75, 3.05) is 6.26 Å². The number of benzene rings is 1. The topological polar surface area (TPSA) is 36.7 Å². The zero-order valence-electron chi connectivity index (χ0n) is 10.2. The first-order valence-corrected chi connectivity index (χ1v) is 7.43. The molecule has 0 aliphatic rings. The van der Waals surface area contributed by atoms with Gasteiger partial charge >= 0.3 is 0 Å². The van der Waals surface area contributed by atoms with E-state index in [1.807, 2.05) is 26.2 Å². The van der Waals surface area contributed by atoms with Crippen LogP contribution in [0.3, 0.4) is 0 Å². The zero-order chi connectivity index (χ0) is 12.5. The molecule has 0 aliphatic heterocycles. The fourth-order valence-corrected chi connectivity index (χ4v) is 3.03. The number of thiazole rings is 1. The van der Waals surface area contributed by atoms with Gasteiger partial charge < -0.3 is 0 Å². The Bertz CT molecular complexity index is 583. The maximum Gasteiger partial charge on any atom is 0.103 e. The van der Waals surface area contributed by atoms with Crippen LogP contribution in [0.4, 0.5) is 0 Å². The first-order valence-electron chi connectivity index (χ1n) is 5.39. The molecule has 0 bridgehead atoms. The van der Waals surface area contributed by atoms with Gasteiger partial charge in [-0.25, -0.2) is 4.98 Å². The molecule has 0 amide bonds. The van der Waals surface area contributed by atoms with E-state index in [1.54, 1.807) is 23.1 Å². The molecule has 2 aromatic rings. The second-order valence-electron chi connectivity index (χ2n) is 4.26. The van der Waals surface area contributed by atoms with Crippen LogP contribution < -0.4 is 0 Å². The highest BCUT2D eigenvalue weighted by molar-refractivity contribution is 8.00. The van der Waals surface area contributed by atoms with E-state index in [0.29, 0.717) is 0 Å². The van der Waals surface area contributed by atoms with Crippen molar-refractivity contribution < 1.29 is 0 Å². The SMILES string of the molecule is CSC(C)(C#N)Cc1ccc2nc(C)sc2c1. The molecular formula is C13H14N2S2. The maximum atomic E-state index is 9.18. The van der Waals surface area contributed by atoms with E-state index < -0.39 is 0 Å². The Labute approximate surface area is 110 Å². The Morgan fingerprint density at radius 3 is 2.94 bits per heavy atom. The minimum atomic E-state index is -0.340. The van der Waals surface area contributed by atoms with E-state index in [2.05, 4.69) is 23.2 Å². The molecular weight excluding hydrogens is 248 g/mol. The summed E-state index contributed by atoms with van der Waals surface area (Å²) in [5, 5.41) is 10.3. The molecule has 2 rings (SSSR count). The Hall–Kier alpha value is -1.05. The van der Waals surface area contributed by atoms with E-state index in [0.717, 1.165) is 16.9 Å². The number of aryl methyl sites for hydroxylation is 1. The van der Waals surface area contributed by atoms with Crippen molar-refractivity contribution in [1.29, 1.82) is 5.26 Å². The molecule has 0 radical (unpaired) electrons. The molecule has 1 aromatic carbocycles. The van der Waals surface area contributed by atoms with E-state index in [9.17, 15) is 5.26 Å². The van der Waals surface area contributed by atoms with Gasteiger partial charge in [0.05, 0.1) is 21.3 Å². The first kappa shape index (κ1) is 12.4. The normalized spacial score (nSPS) is 14.5. The van der Waals surface area contributed by atoms with Crippen LogP contribution in [0.1, 0.15) is 17.5 Å². The standard InChI is InChI=1S/C13H14N2S2/c1-9-15-11-5-4-10(6-12(11)17-9)7-13(2,8-14)16-3/h4-6H,7H2,1-3H3. The van der Waals surface area contributed by atoms with Crippen LogP contribution in [0.2, 0.25) is 0 Å². The van der Waals surface area contributed by atoms with Gasteiger partial charge in [-0.3, -0.25) is 0 Å². The molecule has 1 heterocycles. The molecule has 1 unspecified atom stereocenters. The highest BCUT2D eigenvalue weighted by atomic mass is 32.2. The number of thioether (sulfide) groups is 1. The summed E-state index contributed by atoms with van der Waals surface area (Å²) in [5.74, 6) is 0. The fourth-order valence-electron chi connectivity index (χ4n) is 1.74. The monoisotopic (exact) mass is 262 g/mol. The lowest BCUT2D eigenvalue weighted by atomic mass is 10.0. The van der Waals surface area contributed by atoms with Gasteiger partial charge in [-0.1, -0.05) is 6.07 Å². The van der Waals surface area contributed by atoms with Crippen molar-refractivity contribution in [2.24, 2.45) is 0 Å². The lowest BCUT2D eigenvalue weighted by Gasteiger charge is -2.18. The predicted octanol–water partition coefficient (Wildman–Crippen LogP) is 3.79. The molecule has 0 saturated carbocycles. The van der Waals surface area contributed by atoms with Crippen LogP contribution in [0, 0.1) is 18.3 Å². The summed E-state index contributed by atoms with van der Waals surface area (Å²) in [6.07, 6.45) is 2.76. The third-order valence-corrected chi connectivity index (χ3v) is 4.86. The molecule has 0 saturated heterocycles. The molecule has 0 aliphatic carbocycles. The smallest absolute Gasteiger partial charge is 0.103 e. The molecule has 2 nitrogen and oxygen atoms in total. The number of hydrogen-bond acceptors (Lipinski definition) is 4. The number of fused-ring (bicyclic) bond motifs is 1. The van der Waals surface area contributed by atoms with Gasteiger partial charge in [0.2, 0.25) is 0 Å². The first-order chi connectivity index (χ1) is 8.06. The summed E-state index contributed by atoms with van der Waals surface area (Å²) < 4.78 is 0.870. The molecule has 0 spiro atoms. The number of rotatable bonds is 3. The number of nitrogens with zero attached hydrogens (tertiary/aromatic N) is 2. The Balaban J connectivity index is 2.34. The van der Waals surface area contributed by atoms with Crippen molar-refractivity contribution in [1.82, 2.24) is 4.98 Å². The van der Waals surface area contributed by atoms with Crippen molar-refractivity contribution in [3.05, 3.63) is 28.8 Å².